The summed E-state index contributed by atoms with van der Waals surface area (Å²) >= 11 is 0. The molecule has 1 saturated carbocycles. The summed E-state index contributed by atoms with van der Waals surface area (Å²) in [6, 6.07) is 7.98. The van der Waals surface area contributed by atoms with Crippen molar-refractivity contribution < 1.29 is 18.7 Å². The number of methoxy groups -OCH3 is 1. The molecule has 4 aromatic rings. The fourth-order valence-electron chi connectivity index (χ4n) is 5.06. The first kappa shape index (κ1) is 23.6. The number of aromatic nitrogens is 4. The zero-order valence-corrected chi connectivity index (χ0v) is 20.4. The molecule has 5 rings (SSSR count). The lowest BCUT2D eigenvalue weighted by Crippen LogP contribution is -2.37. The van der Waals surface area contributed by atoms with Gasteiger partial charge in [-0.2, -0.15) is 5.26 Å². The average Bonchev–Trinajstić information content (AvgIpc) is 3.64. The van der Waals surface area contributed by atoms with E-state index in [-0.39, 0.29) is 13.0 Å². The Morgan fingerprint density at radius 1 is 1.31 bits per heavy atom. The van der Waals surface area contributed by atoms with E-state index in [4.69, 9.17) is 9.40 Å². The smallest absolute Gasteiger partial charge is 0.325 e. The van der Waals surface area contributed by atoms with Gasteiger partial charge in [-0.1, -0.05) is 19.3 Å². The fraction of sp³-hybridized carbons (Fsp3) is 0.423. The number of imidazole rings is 1. The number of amides is 1. The van der Waals surface area contributed by atoms with E-state index in [1.807, 2.05) is 24.4 Å². The number of aromatic amines is 1. The van der Waals surface area contributed by atoms with Gasteiger partial charge in [-0.05, 0) is 31.0 Å². The van der Waals surface area contributed by atoms with Gasteiger partial charge in [-0.15, -0.1) is 0 Å². The van der Waals surface area contributed by atoms with Gasteiger partial charge >= 0.3 is 5.97 Å². The third-order valence-electron chi connectivity index (χ3n) is 6.89. The van der Waals surface area contributed by atoms with Gasteiger partial charge in [-0.25, -0.2) is 9.97 Å². The minimum atomic E-state index is -0.987. The largest absolute Gasteiger partial charge is 0.468 e. The number of likely N-dealkylation sites (N-methyl/N-ethyl adjacent to an activating group) is 1. The van der Waals surface area contributed by atoms with Gasteiger partial charge in [0, 0.05) is 31.1 Å². The molecular weight excluding hydrogens is 460 g/mol. The molecule has 1 N–H and O–H groups in total. The number of carbonyl (C=O) groups excluding carboxylic acids is 2. The van der Waals surface area contributed by atoms with E-state index in [0.29, 0.717) is 17.6 Å². The molecule has 0 radical (unpaired) electrons. The molecule has 0 aliphatic heterocycles. The Hall–Kier alpha value is -4.13. The van der Waals surface area contributed by atoms with Gasteiger partial charge in [0.05, 0.1) is 24.9 Å². The van der Waals surface area contributed by atoms with Crippen molar-refractivity contribution in [2.24, 2.45) is 5.92 Å². The highest BCUT2D eigenvalue weighted by Gasteiger charge is 2.28. The predicted molar refractivity (Wildman–Crippen MR) is 132 cm³/mol. The number of hydrogen-bond donors (Lipinski definition) is 1. The summed E-state index contributed by atoms with van der Waals surface area (Å²) in [6.07, 6.45) is 9.46. The lowest BCUT2D eigenvalue weighted by Gasteiger charge is -2.25. The molecule has 186 valence electrons. The number of fused-ring (bicyclic) bond motifs is 3. The molecule has 1 fully saturated rings. The maximum atomic E-state index is 12.7. The van der Waals surface area contributed by atoms with Crippen LogP contribution >= 0.6 is 0 Å². The van der Waals surface area contributed by atoms with Crippen molar-refractivity contribution >= 4 is 33.9 Å². The van der Waals surface area contributed by atoms with Crippen LogP contribution in [0.4, 0.5) is 0 Å². The van der Waals surface area contributed by atoms with E-state index in [2.05, 4.69) is 19.3 Å². The Labute approximate surface area is 207 Å². The number of esters is 1. The van der Waals surface area contributed by atoms with Crippen molar-refractivity contribution in [2.45, 2.75) is 44.6 Å². The fourth-order valence-corrected chi connectivity index (χ4v) is 5.06. The first-order chi connectivity index (χ1) is 17.5. The van der Waals surface area contributed by atoms with Crippen LogP contribution in [0, 0.1) is 17.2 Å². The maximum absolute atomic E-state index is 12.7. The zero-order valence-electron chi connectivity index (χ0n) is 20.4. The molecule has 1 aliphatic rings. The van der Waals surface area contributed by atoms with Crippen molar-refractivity contribution in [3.05, 3.63) is 36.4 Å². The lowest BCUT2D eigenvalue weighted by molar-refractivity contribution is -0.146. The molecular formula is C26H28N6O4. The summed E-state index contributed by atoms with van der Waals surface area (Å²) in [5, 5.41) is 10.7. The molecule has 0 aromatic carbocycles. The molecule has 1 unspecified atom stereocenters. The van der Waals surface area contributed by atoms with E-state index in [1.165, 1.54) is 38.3 Å². The molecule has 4 heterocycles. The van der Waals surface area contributed by atoms with Crippen LogP contribution in [0.15, 0.2) is 35.0 Å². The molecule has 10 heteroatoms. The van der Waals surface area contributed by atoms with Gasteiger partial charge < -0.3 is 23.6 Å². The maximum Gasteiger partial charge on any atom is 0.325 e. The summed E-state index contributed by atoms with van der Waals surface area (Å²) in [5.74, 6) is -0.182. The summed E-state index contributed by atoms with van der Waals surface area (Å²) in [7, 11) is 2.73. The molecule has 36 heavy (non-hydrogen) atoms. The van der Waals surface area contributed by atoms with Crippen LogP contribution in [-0.2, 0) is 20.7 Å². The van der Waals surface area contributed by atoms with Crippen molar-refractivity contribution in [1.29, 1.82) is 5.26 Å². The van der Waals surface area contributed by atoms with Crippen molar-refractivity contribution in [3.8, 4) is 17.7 Å². The predicted octanol–water partition coefficient (Wildman–Crippen LogP) is 3.99. The van der Waals surface area contributed by atoms with Gasteiger partial charge in [0.1, 0.15) is 29.4 Å². The molecule has 1 atom stereocenters. The third-order valence-corrected chi connectivity index (χ3v) is 6.89. The van der Waals surface area contributed by atoms with Crippen LogP contribution in [0.2, 0.25) is 0 Å². The lowest BCUT2D eigenvalue weighted by atomic mass is 9.95. The van der Waals surface area contributed by atoms with Crippen LogP contribution in [0.3, 0.4) is 0 Å². The first-order valence-corrected chi connectivity index (χ1v) is 12.1. The van der Waals surface area contributed by atoms with Crippen molar-refractivity contribution in [1.82, 2.24) is 24.4 Å². The van der Waals surface area contributed by atoms with Gasteiger partial charge in [0.15, 0.2) is 11.6 Å². The molecule has 0 bridgehead atoms. The van der Waals surface area contributed by atoms with E-state index in [0.717, 1.165) is 40.7 Å². The van der Waals surface area contributed by atoms with Crippen LogP contribution in [0.1, 0.15) is 43.9 Å². The van der Waals surface area contributed by atoms with E-state index >= 15 is 0 Å². The minimum Gasteiger partial charge on any atom is -0.468 e. The summed E-state index contributed by atoms with van der Waals surface area (Å²) < 4.78 is 13.1. The minimum absolute atomic E-state index is 0.0914. The number of nitrogens with zero attached hydrogens (tertiary/aromatic N) is 5. The highest BCUT2D eigenvalue weighted by molar-refractivity contribution is 6.02. The Bertz CT molecular complexity index is 1450. The average molecular weight is 489 g/mol. The van der Waals surface area contributed by atoms with Crippen LogP contribution < -0.4 is 0 Å². The second-order valence-electron chi connectivity index (χ2n) is 9.25. The SMILES string of the molecule is COC(=O)CN(C)C(=O)C(C#N)Cc1ccc(-c2nc3cnc4[nH]ccc4c3n2C2CCCCC2)o1. The Morgan fingerprint density at radius 2 is 2.11 bits per heavy atom. The number of nitriles is 1. The monoisotopic (exact) mass is 488 g/mol. The summed E-state index contributed by atoms with van der Waals surface area (Å²) in [4.78, 5) is 38.0. The standard InChI is InChI=1S/C26H28N6O4/c1-31(15-22(33)35-2)26(34)16(13-27)12-18-8-9-21(36-18)25-30-20-14-29-24-19(10-11-28-24)23(20)32(25)17-6-4-3-5-7-17/h8-11,14,16-17H,3-7,12,15H2,1-2H3,(H,28,29). The number of H-pyrrole nitrogens is 1. The number of ether oxygens (including phenoxy) is 1. The number of nitrogens with one attached hydrogen (secondary N) is 1. The Morgan fingerprint density at radius 3 is 2.86 bits per heavy atom. The second-order valence-corrected chi connectivity index (χ2v) is 9.25. The normalized spacial score (nSPS) is 15.1. The first-order valence-electron chi connectivity index (χ1n) is 12.1. The molecule has 0 spiro atoms. The number of pyridine rings is 1. The number of furan rings is 1. The van der Waals surface area contributed by atoms with Crippen molar-refractivity contribution in [3.63, 3.8) is 0 Å². The van der Waals surface area contributed by atoms with E-state index in [9.17, 15) is 14.9 Å². The molecule has 1 amide bonds. The highest BCUT2D eigenvalue weighted by Crippen LogP contribution is 2.38. The molecule has 1 aliphatic carbocycles. The molecule has 4 aromatic heterocycles. The second kappa shape index (κ2) is 9.85. The number of rotatable bonds is 7. The quantitative estimate of drug-likeness (QED) is 0.389. The topological polar surface area (TPSA) is 130 Å². The number of carbonyl (C=O) groups is 2. The van der Waals surface area contributed by atoms with E-state index < -0.39 is 17.8 Å². The van der Waals surface area contributed by atoms with Gasteiger partial charge in [0.25, 0.3) is 0 Å². The highest BCUT2D eigenvalue weighted by atomic mass is 16.5. The van der Waals surface area contributed by atoms with Crippen LogP contribution in [-0.4, -0.2) is 57.0 Å². The molecule has 10 nitrogen and oxygen atoms in total. The van der Waals surface area contributed by atoms with Crippen molar-refractivity contribution in [2.75, 3.05) is 20.7 Å². The molecule has 0 saturated heterocycles. The van der Waals surface area contributed by atoms with Crippen LogP contribution in [0.5, 0.6) is 0 Å². The zero-order chi connectivity index (χ0) is 25.2. The summed E-state index contributed by atoms with van der Waals surface area (Å²) in [5.41, 5.74) is 2.66. The van der Waals surface area contributed by atoms with Gasteiger partial charge in [-0.3, -0.25) is 9.59 Å². The van der Waals surface area contributed by atoms with Crippen LogP contribution in [0.25, 0.3) is 33.7 Å². The van der Waals surface area contributed by atoms with E-state index in [1.54, 1.807) is 12.3 Å². The Balaban J connectivity index is 1.48. The van der Waals surface area contributed by atoms with Gasteiger partial charge in [0.2, 0.25) is 5.91 Å². The third kappa shape index (κ3) is 4.33. The summed E-state index contributed by atoms with van der Waals surface area (Å²) in [6.45, 7) is -0.218. The Kier molecular flexibility index (Phi) is 6.46. The number of hydrogen-bond acceptors (Lipinski definition) is 7.